The highest BCUT2D eigenvalue weighted by atomic mass is 31.2. The summed E-state index contributed by atoms with van der Waals surface area (Å²) in [7, 11) is -4.72. The minimum Gasteiger partial charge on any atom is -0.480 e. The van der Waals surface area contributed by atoms with Crippen LogP contribution in [0.4, 0.5) is 0 Å². The van der Waals surface area contributed by atoms with Crippen molar-refractivity contribution in [2.45, 2.75) is 154 Å². The van der Waals surface area contributed by atoms with Crippen LogP contribution >= 0.6 is 7.82 Å². The fourth-order valence-electron chi connectivity index (χ4n) is 4.31. The summed E-state index contributed by atoms with van der Waals surface area (Å²) in [6.07, 6.45) is 19.2. The summed E-state index contributed by atoms with van der Waals surface area (Å²) in [5.74, 6) is -2.39. The number of aliphatic hydroxyl groups is 1. The molecule has 0 spiro atoms. The summed E-state index contributed by atoms with van der Waals surface area (Å²) in [6.45, 7) is 2.43. The summed E-state index contributed by atoms with van der Waals surface area (Å²) in [5, 5.41) is 21.5. The lowest BCUT2D eigenvalue weighted by atomic mass is 10.0. The lowest BCUT2D eigenvalue weighted by Crippen LogP contribution is -2.43. The van der Waals surface area contributed by atoms with Crippen LogP contribution in [-0.2, 0) is 32.7 Å². The molecule has 3 unspecified atom stereocenters. The van der Waals surface area contributed by atoms with Crippen molar-refractivity contribution in [3.8, 4) is 0 Å². The molecule has 0 saturated heterocycles. The molecule has 0 aliphatic rings. The number of nitrogens with one attached hydrogen (secondary N) is 1. The number of carbonyl (C=O) groups is 3. The van der Waals surface area contributed by atoms with E-state index in [4.69, 9.17) is 9.26 Å². The third-order valence-electron chi connectivity index (χ3n) is 6.90. The molecule has 11 nitrogen and oxygen atoms in total. The van der Waals surface area contributed by atoms with E-state index in [1.165, 1.54) is 57.8 Å². The van der Waals surface area contributed by atoms with Crippen molar-refractivity contribution in [3.63, 3.8) is 0 Å². The van der Waals surface area contributed by atoms with E-state index in [0.717, 1.165) is 44.9 Å². The zero-order valence-electron chi connectivity index (χ0n) is 26.1. The summed E-state index contributed by atoms with van der Waals surface area (Å²) in [6, 6.07) is -1.53. The monoisotopic (exact) mass is 623 g/mol. The number of carboxylic acid groups (broad SMARTS) is 1. The van der Waals surface area contributed by atoms with Crippen LogP contribution in [0.15, 0.2) is 0 Å². The third-order valence-corrected chi connectivity index (χ3v) is 7.85. The van der Waals surface area contributed by atoms with Gasteiger partial charge < -0.3 is 25.2 Å². The van der Waals surface area contributed by atoms with Crippen molar-refractivity contribution in [2.75, 3.05) is 19.8 Å². The van der Waals surface area contributed by atoms with Gasteiger partial charge in [0.2, 0.25) is 5.91 Å². The van der Waals surface area contributed by atoms with Crippen LogP contribution in [0.1, 0.15) is 142 Å². The average molecular weight is 624 g/mol. The van der Waals surface area contributed by atoms with Crippen LogP contribution in [0.2, 0.25) is 0 Å². The number of esters is 1. The molecule has 3 atom stereocenters. The Labute approximate surface area is 253 Å². The SMILES string of the molecule is CCCCCCCCCCCCCCCC(=O)OCC(O)COP(=O)(O)OCC(NC(=O)CCCCCCC)C(=O)O. The van der Waals surface area contributed by atoms with Crippen molar-refractivity contribution < 1.29 is 47.8 Å². The highest BCUT2D eigenvalue weighted by molar-refractivity contribution is 7.47. The molecule has 0 fully saturated rings. The Morgan fingerprint density at radius 3 is 1.57 bits per heavy atom. The molecule has 42 heavy (non-hydrogen) atoms. The third kappa shape index (κ3) is 26.1. The number of carboxylic acids is 1. The van der Waals surface area contributed by atoms with Crippen LogP contribution < -0.4 is 5.32 Å². The number of phosphoric ester groups is 1. The molecule has 4 N–H and O–H groups in total. The predicted molar refractivity (Wildman–Crippen MR) is 162 cm³/mol. The van der Waals surface area contributed by atoms with Gasteiger partial charge in [-0.1, -0.05) is 117 Å². The summed E-state index contributed by atoms with van der Waals surface area (Å²) >= 11 is 0. The van der Waals surface area contributed by atoms with Crippen LogP contribution in [-0.4, -0.2) is 64.9 Å². The van der Waals surface area contributed by atoms with Gasteiger partial charge in [0.15, 0.2) is 6.04 Å². The first-order valence-electron chi connectivity index (χ1n) is 16.1. The zero-order valence-corrected chi connectivity index (χ0v) is 27.0. The topological polar surface area (TPSA) is 169 Å². The average Bonchev–Trinajstić information content (AvgIpc) is 2.95. The second-order valence-corrected chi connectivity index (χ2v) is 12.5. The molecule has 0 saturated carbocycles. The summed E-state index contributed by atoms with van der Waals surface area (Å²) in [4.78, 5) is 45.1. The van der Waals surface area contributed by atoms with Gasteiger partial charge in [-0.3, -0.25) is 18.6 Å². The highest BCUT2D eigenvalue weighted by Gasteiger charge is 2.28. The molecule has 248 valence electrons. The number of rotatable bonds is 30. The molecule has 0 rings (SSSR count). The van der Waals surface area contributed by atoms with Crippen LogP contribution in [0.5, 0.6) is 0 Å². The maximum atomic E-state index is 12.1. The van der Waals surface area contributed by atoms with Gasteiger partial charge in [0, 0.05) is 12.8 Å². The molecule has 0 aromatic heterocycles. The van der Waals surface area contributed by atoms with E-state index in [1.54, 1.807) is 0 Å². The molecule has 0 aliphatic heterocycles. The number of ether oxygens (including phenoxy) is 1. The van der Waals surface area contributed by atoms with E-state index in [0.29, 0.717) is 12.8 Å². The largest absolute Gasteiger partial charge is 0.480 e. The number of amides is 1. The number of hydrogen-bond donors (Lipinski definition) is 4. The quantitative estimate of drug-likeness (QED) is 0.0397. The minimum absolute atomic E-state index is 0.144. The Morgan fingerprint density at radius 1 is 0.667 bits per heavy atom. The Balaban J connectivity index is 3.94. The van der Waals surface area contributed by atoms with E-state index < -0.39 is 57.6 Å². The number of unbranched alkanes of at least 4 members (excludes halogenated alkanes) is 16. The maximum Gasteiger partial charge on any atom is 0.472 e. The molecule has 0 bridgehead atoms. The second-order valence-electron chi connectivity index (χ2n) is 11.0. The standard InChI is InChI=1S/C30H58NO10P/c1-3-5-7-9-10-11-12-13-14-15-16-18-20-22-29(34)39-23-26(32)24-40-42(37,38)41-25-27(30(35)36)31-28(33)21-19-17-8-6-4-2/h26-27,32H,3-25H2,1-2H3,(H,31,33)(H,35,36)(H,37,38). The van der Waals surface area contributed by atoms with E-state index in [2.05, 4.69) is 23.7 Å². The van der Waals surface area contributed by atoms with Crippen LogP contribution in [0.3, 0.4) is 0 Å². The van der Waals surface area contributed by atoms with Crippen molar-refractivity contribution in [1.29, 1.82) is 0 Å². The van der Waals surface area contributed by atoms with E-state index >= 15 is 0 Å². The van der Waals surface area contributed by atoms with Gasteiger partial charge in [0.25, 0.3) is 0 Å². The number of phosphoric acid groups is 1. The van der Waals surface area contributed by atoms with E-state index in [-0.39, 0.29) is 12.8 Å². The lowest BCUT2D eigenvalue weighted by molar-refractivity contribution is -0.147. The second kappa shape index (κ2) is 27.1. The number of aliphatic carboxylic acids is 1. The Bertz CT molecular complexity index is 752. The molecule has 0 aromatic carbocycles. The fraction of sp³-hybridized carbons (Fsp3) is 0.900. The van der Waals surface area contributed by atoms with Gasteiger partial charge in [-0.2, -0.15) is 0 Å². The molecule has 0 aromatic rings. The van der Waals surface area contributed by atoms with E-state index in [1.807, 2.05) is 0 Å². The van der Waals surface area contributed by atoms with Gasteiger partial charge in [-0.25, -0.2) is 9.36 Å². The molecule has 1 amide bonds. The Morgan fingerprint density at radius 2 is 1.10 bits per heavy atom. The van der Waals surface area contributed by atoms with Crippen LogP contribution in [0.25, 0.3) is 0 Å². The predicted octanol–water partition coefficient (Wildman–Crippen LogP) is 6.44. The lowest BCUT2D eigenvalue weighted by Gasteiger charge is -2.18. The first-order chi connectivity index (χ1) is 20.1. The summed E-state index contributed by atoms with van der Waals surface area (Å²) < 4.78 is 26.5. The zero-order chi connectivity index (χ0) is 31.5. The van der Waals surface area contributed by atoms with Gasteiger partial charge in [0.05, 0.1) is 13.2 Å². The number of carbonyl (C=O) groups excluding carboxylic acids is 2. The Hall–Kier alpha value is -1.52. The first kappa shape index (κ1) is 40.5. The summed E-state index contributed by atoms with van der Waals surface area (Å²) in [5.41, 5.74) is 0. The smallest absolute Gasteiger partial charge is 0.472 e. The van der Waals surface area contributed by atoms with Crippen molar-refractivity contribution in [2.24, 2.45) is 0 Å². The van der Waals surface area contributed by atoms with Gasteiger partial charge in [-0.05, 0) is 12.8 Å². The highest BCUT2D eigenvalue weighted by Crippen LogP contribution is 2.43. The van der Waals surface area contributed by atoms with Gasteiger partial charge in [-0.15, -0.1) is 0 Å². The molecular weight excluding hydrogens is 565 g/mol. The van der Waals surface area contributed by atoms with Gasteiger partial charge in [0.1, 0.15) is 12.7 Å². The van der Waals surface area contributed by atoms with Crippen molar-refractivity contribution in [1.82, 2.24) is 5.32 Å². The molecule has 12 heteroatoms. The van der Waals surface area contributed by atoms with Gasteiger partial charge >= 0.3 is 19.8 Å². The number of aliphatic hydroxyl groups excluding tert-OH is 1. The van der Waals surface area contributed by atoms with Crippen LogP contribution in [0, 0.1) is 0 Å². The molecular formula is C30H58NO10P. The van der Waals surface area contributed by atoms with Crippen molar-refractivity contribution in [3.05, 3.63) is 0 Å². The first-order valence-corrected chi connectivity index (χ1v) is 17.6. The molecule has 0 aliphatic carbocycles. The number of hydrogen-bond acceptors (Lipinski definition) is 8. The van der Waals surface area contributed by atoms with Crippen molar-refractivity contribution >= 4 is 25.7 Å². The maximum absolute atomic E-state index is 12.1. The van der Waals surface area contributed by atoms with E-state index in [9.17, 15) is 34.1 Å². The molecule has 0 heterocycles. The fourth-order valence-corrected chi connectivity index (χ4v) is 5.09. The Kier molecular flexibility index (Phi) is 26.1. The minimum atomic E-state index is -4.72. The normalized spacial score (nSPS) is 14.2. The molecule has 0 radical (unpaired) electrons.